The summed E-state index contributed by atoms with van der Waals surface area (Å²) in [6.45, 7) is 1.99. The molecule has 0 aliphatic rings. The molecule has 27 heavy (non-hydrogen) atoms. The van der Waals surface area contributed by atoms with Crippen LogP contribution in [-0.2, 0) is 10.0 Å². The molecule has 2 N–H and O–H groups in total. The molecule has 0 saturated heterocycles. The second-order valence-electron chi connectivity index (χ2n) is 5.80. The number of anilines is 2. The van der Waals surface area contributed by atoms with Crippen LogP contribution in [0, 0.1) is 6.92 Å². The molecule has 3 rings (SSSR count). The molecule has 7 nitrogen and oxygen atoms in total. The van der Waals surface area contributed by atoms with E-state index in [1.807, 2.05) is 31.2 Å². The fourth-order valence-electron chi connectivity index (χ4n) is 2.23. The smallest absolute Gasteiger partial charge is 0.259 e. The van der Waals surface area contributed by atoms with Gasteiger partial charge in [0.1, 0.15) is 5.01 Å². The molecular weight excluding hydrogens is 408 g/mol. The lowest BCUT2D eigenvalue weighted by Crippen LogP contribution is -2.14. The van der Waals surface area contributed by atoms with E-state index in [4.69, 9.17) is 11.6 Å². The van der Waals surface area contributed by atoms with Crippen molar-refractivity contribution in [2.24, 2.45) is 0 Å². The van der Waals surface area contributed by atoms with Crippen LogP contribution in [0.3, 0.4) is 0 Å². The molecule has 0 unspecified atom stereocenters. The van der Waals surface area contributed by atoms with Crippen LogP contribution in [0.4, 0.5) is 10.8 Å². The summed E-state index contributed by atoms with van der Waals surface area (Å²) in [6, 6.07) is 12.1. The van der Waals surface area contributed by atoms with Crippen molar-refractivity contribution in [2.45, 2.75) is 6.92 Å². The molecule has 0 atom stereocenters. The highest BCUT2D eigenvalue weighted by atomic mass is 35.5. The summed E-state index contributed by atoms with van der Waals surface area (Å²) in [6.07, 6.45) is 1.02. The average Bonchev–Trinajstić information content (AvgIpc) is 3.04. The Morgan fingerprint density at radius 2 is 1.81 bits per heavy atom. The van der Waals surface area contributed by atoms with Gasteiger partial charge in [0.2, 0.25) is 15.2 Å². The van der Waals surface area contributed by atoms with Crippen molar-refractivity contribution in [3.8, 4) is 10.6 Å². The van der Waals surface area contributed by atoms with Crippen LogP contribution >= 0.6 is 22.9 Å². The molecule has 1 heterocycles. The maximum absolute atomic E-state index is 12.5. The third-order valence-corrected chi connectivity index (χ3v) is 5.28. The summed E-state index contributed by atoms with van der Waals surface area (Å²) < 4.78 is 25.0. The fourth-order valence-corrected chi connectivity index (χ4v) is 3.73. The van der Waals surface area contributed by atoms with E-state index >= 15 is 0 Å². The first kappa shape index (κ1) is 19.3. The number of carbonyl (C=O) groups excluding carboxylic acids is 1. The number of hydrogen-bond donors (Lipinski definition) is 2. The topological polar surface area (TPSA) is 101 Å². The van der Waals surface area contributed by atoms with E-state index in [9.17, 15) is 13.2 Å². The van der Waals surface area contributed by atoms with Gasteiger partial charge in [-0.1, -0.05) is 52.8 Å². The van der Waals surface area contributed by atoms with Crippen LogP contribution in [0.5, 0.6) is 0 Å². The number of amides is 1. The summed E-state index contributed by atoms with van der Waals surface area (Å²) in [5.41, 5.74) is 2.40. The Morgan fingerprint density at radius 1 is 1.11 bits per heavy atom. The molecule has 0 spiro atoms. The van der Waals surface area contributed by atoms with Gasteiger partial charge in [0.15, 0.2) is 0 Å². The quantitative estimate of drug-likeness (QED) is 0.651. The van der Waals surface area contributed by atoms with Gasteiger partial charge in [-0.05, 0) is 25.1 Å². The number of benzene rings is 2. The highest BCUT2D eigenvalue weighted by Gasteiger charge is 2.15. The zero-order valence-electron chi connectivity index (χ0n) is 14.4. The van der Waals surface area contributed by atoms with Gasteiger partial charge in [-0.2, -0.15) is 0 Å². The predicted octanol–water partition coefficient (Wildman–Crippen LogP) is 3.79. The van der Waals surface area contributed by atoms with E-state index in [0.717, 1.165) is 17.4 Å². The molecule has 0 saturated carbocycles. The van der Waals surface area contributed by atoms with Gasteiger partial charge in [0.25, 0.3) is 5.91 Å². The van der Waals surface area contributed by atoms with Crippen LogP contribution in [0.2, 0.25) is 5.02 Å². The van der Waals surface area contributed by atoms with Gasteiger partial charge >= 0.3 is 0 Å². The van der Waals surface area contributed by atoms with E-state index in [2.05, 4.69) is 20.2 Å². The SMILES string of the molecule is Cc1ccc(-c2nnc(NC(=O)c3cc(NS(C)(=O)=O)ccc3Cl)s2)cc1. The maximum atomic E-state index is 12.5. The van der Waals surface area contributed by atoms with Crippen molar-refractivity contribution in [3.63, 3.8) is 0 Å². The van der Waals surface area contributed by atoms with E-state index in [1.165, 1.54) is 29.5 Å². The van der Waals surface area contributed by atoms with Crippen molar-refractivity contribution in [3.05, 3.63) is 58.6 Å². The van der Waals surface area contributed by atoms with Crippen molar-refractivity contribution in [1.29, 1.82) is 0 Å². The van der Waals surface area contributed by atoms with E-state index in [1.54, 1.807) is 0 Å². The highest BCUT2D eigenvalue weighted by molar-refractivity contribution is 7.92. The van der Waals surface area contributed by atoms with Gasteiger partial charge in [-0.15, -0.1) is 10.2 Å². The number of aromatic nitrogens is 2. The molecule has 2 aromatic carbocycles. The summed E-state index contributed by atoms with van der Waals surface area (Å²) >= 11 is 7.30. The molecule has 0 radical (unpaired) electrons. The third-order valence-electron chi connectivity index (χ3n) is 3.46. The van der Waals surface area contributed by atoms with Crippen LogP contribution in [0.1, 0.15) is 15.9 Å². The lowest BCUT2D eigenvalue weighted by molar-refractivity contribution is 0.102. The van der Waals surface area contributed by atoms with Crippen LogP contribution < -0.4 is 10.0 Å². The lowest BCUT2D eigenvalue weighted by atomic mass is 10.2. The number of halogens is 1. The maximum Gasteiger partial charge on any atom is 0.259 e. The molecule has 140 valence electrons. The van der Waals surface area contributed by atoms with E-state index in [0.29, 0.717) is 10.1 Å². The fraction of sp³-hybridized carbons (Fsp3) is 0.118. The summed E-state index contributed by atoms with van der Waals surface area (Å²) in [4.78, 5) is 12.5. The standard InChI is InChI=1S/C17H15ClN4O3S2/c1-10-3-5-11(6-4-10)16-20-21-17(26-16)19-15(23)13-9-12(7-8-14(13)18)22-27(2,24)25/h3-9,22H,1-2H3,(H,19,21,23). The van der Waals surface area contributed by atoms with E-state index in [-0.39, 0.29) is 16.3 Å². The Labute approximate surface area is 165 Å². The van der Waals surface area contributed by atoms with Crippen LogP contribution in [-0.4, -0.2) is 30.8 Å². The molecule has 0 fully saturated rings. The number of nitrogens with zero attached hydrogens (tertiary/aromatic N) is 2. The van der Waals surface area contributed by atoms with Crippen molar-refractivity contribution >= 4 is 49.7 Å². The van der Waals surface area contributed by atoms with Gasteiger partial charge in [-0.3, -0.25) is 14.8 Å². The summed E-state index contributed by atoms with van der Waals surface area (Å²) in [5.74, 6) is -0.510. The molecule has 10 heteroatoms. The number of nitrogens with one attached hydrogen (secondary N) is 2. The molecule has 0 bridgehead atoms. The molecule has 0 aliphatic carbocycles. The largest absolute Gasteiger partial charge is 0.296 e. The molecule has 1 amide bonds. The number of aryl methyl sites for hydroxylation is 1. The molecule has 0 aliphatic heterocycles. The van der Waals surface area contributed by atoms with Crippen molar-refractivity contribution < 1.29 is 13.2 Å². The predicted molar refractivity (Wildman–Crippen MR) is 108 cm³/mol. The zero-order chi connectivity index (χ0) is 19.6. The molecule has 3 aromatic rings. The van der Waals surface area contributed by atoms with Crippen LogP contribution in [0.15, 0.2) is 42.5 Å². The zero-order valence-corrected chi connectivity index (χ0v) is 16.7. The Kier molecular flexibility index (Phi) is 5.45. The second kappa shape index (κ2) is 7.63. The summed E-state index contributed by atoms with van der Waals surface area (Å²) in [5, 5.41) is 11.9. The highest BCUT2D eigenvalue weighted by Crippen LogP contribution is 2.28. The second-order valence-corrected chi connectivity index (χ2v) is 8.93. The minimum absolute atomic E-state index is 0.123. The first-order valence-corrected chi connectivity index (χ1v) is 10.8. The third kappa shape index (κ3) is 5.03. The Balaban J connectivity index is 1.79. The Morgan fingerprint density at radius 3 is 2.48 bits per heavy atom. The average molecular weight is 423 g/mol. The minimum Gasteiger partial charge on any atom is -0.296 e. The number of sulfonamides is 1. The monoisotopic (exact) mass is 422 g/mol. The lowest BCUT2D eigenvalue weighted by Gasteiger charge is -2.08. The number of rotatable bonds is 5. The first-order valence-electron chi connectivity index (χ1n) is 7.70. The van der Waals surface area contributed by atoms with Crippen LogP contribution in [0.25, 0.3) is 10.6 Å². The summed E-state index contributed by atoms with van der Waals surface area (Å²) in [7, 11) is -3.47. The normalized spacial score (nSPS) is 11.2. The van der Waals surface area contributed by atoms with Gasteiger partial charge in [-0.25, -0.2) is 8.42 Å². The first-order chi connectivity index (χ1) is 12.7. The molecule has 1 aromatic heterocycles. The Hall–Kier alpha value is -2.49. The Bertz CT molecular complexity index is 1100. The molecular formula is C17H15ClN4O3S2. The van der Waals surface area contributed by atoms with Gasteiger partial charge in [0, 0.05) is 11.3 Å². The number of carbonyl (C=O) groups is 1. The minimum atomic E-state index is -3.47. The van der Waals surface area contributed by atoms with E-state index < -0.39 is 15.9 Å². The number of hydrogen-bond acceptors (Lipinski definition) is 6. The van der Waals surface area contributed by atoms with Crippen molar-refractivity contribution in [1.82, 2.24) is 10.2 Å². The van der Waals surface area contributed by atoms with Crippen molar-refractivity contribution in [2.75, 3.05) is 16.3 Å². The van der Waals surface area contributed by atoms with Gasteiger partial charge in [0.05, 0.1) is 16.8 Å². The van der Waals surface area contributed by atoms with Gasteiger partial charge < -0.3 is 0 Å².